The monoisotopic (exact) mass is 306 g/mol. The van der Waals surface area contributed by atoms with Gasteiger partial charge in [0.2, 0.25) is 0 Å². The summed E-state index contributed by atoms with van der Waals surface area (Å²) in [6, 6.07) is 7.83. The molecule has 1 unspecified atom stereocenters. The average molecular weight is 306 g/mol. The number of rotatable bonds is 6. The van der Waals surface area contributed by atoms with E-state index in [0.29, 0.717) is 5.92 Å². The van der Waals surface area contributed by atoms with Gasteiger partial charge in [0, 0.05) is 0 Å². The third-order valence-corrected chi connectivity index (χ3v) is 3.20. The molecule has 0 spiro atoms. The third-order valence-electron chi connectivity index (χ3n) is 3.20. The van der Waals surface area contributed by atoms with Crippen molar-refractivity contribution in [3.05, 3.63) is 35.4 Å². The number of ether oxygens (including phenoxy) is 2. The van der Waals surface area contributed by atoms with Crippen LogP contribution < -0.4 is 0 Å². The fraction of sp³-hybridized carbons (Fsp3) is 0.556. The van der Waals surface area contributed by atoms with Crippen LogP contribution in [0.15, 0.2) is 24.3 Å². The van der Waals surface area contributed by atoms with E-state index in [9.17, 15) is 9.59 Å². The molecule has 0 aliphatic heterocycles. The summed E-state index contributed by atoms with van der Waals surface area (Å²) in [5, 5.41) is 0. The van der Waals surface area contributed by atoms with Crippen LogP contribution in [-0.4, -0.2) is 18.7 Å². The van der Waals surface area contributed by atoms with Gasteiger partial charge in [0.05, 0.1) is 12.5 Å². The summed E-state index contributed by atoms with van der Waals surface area (Å²) in [5.74, 6) is -0.303. The van der Waals surface area contributed by atoms with Crippen molar-refractivity contribution in [3.63, 3.8) is 0 Å². The molecule has 0 bridgehead atoms. The zero-order valence-electron chi connectivity index (χ0n) is 14.1. The minimum atomic E-state index is -0.929. The van der Waals surface area contributed by atoms with Crippen molar-refractivity contribution in [1.29, 1.82) is 0 Å². The van der Waals surface area contributed by atoms with Crippen LogP contribution in [0.5, 0.6) is 0 Å². The van der Waals surface area contributed by atoms with Gasteiger partial charge in [-0.25, -0.2) is 4.79 Å². The van der Waals surface area contributed by atoms with E-state index >= 15 is 0 Å². The molecule has 0 saturated carbocycles. The maximum absolute atomic E-state index is 11.9. The van der Waals surface area contributed by atoms with E-state index in [-0.39, 0.29) is 12.5 Å². The average Bonchev–Trinajstić information content (AvgIpc) is 2.44. The molecular formula is C18H26O4. The van der Waals surface area contributed by atoms with Crippen molar-refractivity contribution in [2.75, 3.05) is 6.61 Å². The molecule has 0 aliphatic rings. The zero-order valence-corrected chi connectivity index (χ0v) is 14.1. The molecule has 4 heteroatoms. The number of hydrogen-bond donors (Lipinski definition) is 0. The summed E-state index contributed by atoms with van der Waals surface area (Å²) in [6.07, 6.45) is 0.0719. The second kappa shape index (κ2) is 8.57. The molecule has 0 aliphatic carbocycles. The number of hydrogen-bond acceptors (Lipinski definition) is 4. The molecule has 1 atom stereocenters. The predicted molar refractivity (Wildman–Crippen MR) is 85.7 cm³/mol. The summed E-state index contributed by atoms with van der Waals surface area (Å²) in [7, 11) is 0. The fourth-order valence-electron chi connectivity index (χ4n) is 1.98. The number of benzene rings is 1. The van der Waals surface area contributed by atoms with Crippen LogP contribution in [0.2, 0.25) is 0 Å². The van der Waals surface area contributed by atoms with Crippen LogP contribution in [0, 0.1) is 11.8 Å². The van der Waals surface area contributed by atoms with Gasteiger partial charge in [0.25, 0.3) is 0 Å². The SMILES string of the molecule is CC(C)COC(=O)OC(=O)C(C)c1ccc(CC(C)C)cc1. The number of esters is 1. The lowest BCUT2D eigenvalue weighted by Gasteiger charge is -2.12. The van der Waals surface area contributed by atoms with E-state index in [4.69, 9.17) is 9.47 Å². The second-order valence-electron chi connectivity index (χ2n) is 6.44. The summed E-state index contributed by atoms with van der Waals surface area (Å²) >= 11 is 0. The second-order valence-corrected chi connectivity index (χ2v) is 6.44. The Bertz CT molecular complexity index is 488. The summed E-state index contributed by atoms with van der Waals surface area (Å²) in [5.41, 5.74) is 2.06. The lowest BCUT2D eigenvalue weighted by molar-refractivity contribution is -0.141. The van der Waals surface area contributed by atoms with Crippen LogP contribution in [0.25, 0.3) is 0 Å². The van der Waals surface area contributed by atoms with Crippen molar-refractivity contribution in [2.24, 2.45) is 11.8 Å². The molecule has 0 amide bonds. The van der Waals surface area contributed by atoms with E-state index in [1.807, 2.05) is 38.1 Å². The normalized spacial score (nSPS) is 12.3. The molecule has 1 aromatic rings. The fourth-order valence-corrected chi connectivity index (χ4v) is 1.98. The maximum Gasteiger partial charge on any atom is 0.516 e. The highest BCUT2D eigenvalue weighted by atomic mass is 16.7. The summed E-state index contributed by atoms with van der Waals surface area (Å²) in [4.78, 5) is 23.3. The Kier molecular flexibility index (Phi) is 7.09. The Balaban J connectivity index is 2.57. The van der Waals surface area contributed by atoms with E-state index in [1.54, 1.807) is 6.92 Å². The molecule has 0 aromatic heterocycles. The number of carbonyl (C=O) groups is 2. The lowest BCUT2D eigenvalue weighted by atomic mass is 9.97. The molecule has 0 radical (unpaired) electrons. The van der Waals surface area contributed by atoms with E-state index in [0.717, 1.165) is 12.0 Å². The first-order valence-electron chi connectivity index (χ1n) is 7.76. The van der Waals surface area contributed by atoms with E-state index in [2.05, 4.69) is 13.8 Å². The van der Waals surface area contributed by atoms with Gasteiger partial charge in [-0.15, -0.1) is 0 Å². The van der Waals surface area contributed by atoms with Gasteiger partial charge >= 0.3 is 12.1 Å². The van der Waals surface area contributed by atoms with E-state index < -0.39 is 18.0 Å². The molecule has 22 heavy (non-hydrogen) atoms. The summed E-state index contributed by atoms with van der Waals surface area (Å²) in [6.45, 7) is 10.1. The molecule has 0 N–H and O–H groups in total. The Morgan fingerprint density at radius 2 is 1.55 bits per heavy atom. The van der Waals surface area contributed by atoms with Gasteiger partial charge in [-0.1, -0.05) is 52.0 Å². The Morgan fingerprint density at radius 3 is 2.05 bits per heavy atom. The van der Waals surface area contributed by atoms with Crippen LogP contribution in [0.1, 0.15) is 51.7 Å². The van der Waals surface area contributed by atoms with Crippen molar-refractivity contribution in [3.8, 4) is 0 Å². The first-order chi connectivity index (χ1) is 10.3. The van der Waals surface area contributed by atoms with Gasteiger partial charge < -0.3 is 9.47 Å². The van der Waals surface area contributed by atoms with Crippen LogP contribution in [-0.2, 0) is 20.7 Å². The van der Waals surface area contributed by atoms with Crippen LogP contribution >= 0.6 is 0 Å². The lowest BCUT2D eigenvalue weighted by Crippen LogP contribution is -2.20. The molecule has 1 rings (SSSR count). The minimum Gasteiger partial charge on any atom is -0.434 e. The topological polar surface area (TPSA) is 52.6 Å². The highest BCUT2D eigenvalue weighted by Gasteiger charge is 2.21. The van der Waals surface area contributed by atoms with Gasteiger partial charge in [0.1, 0.15) is 0 Å². The zero-order chi connectivity index (χ0) is 16.7. The highest BCUT2D eigenvalue weighted by molar-refractivity contribution is 5.86. The third kappa shape index (κ3) is 6.29. The Morgan fingerprint density at radius 1 is 0.955 bits per heavy atom. The first kappa shape index (κ1) is 18.2. The molecule has 4 nitrogen and oxygen atoms in total. The van der Waals surface area contributed by atoms with Gasteiger partial charge in [0.15, 0.2) is 0 Å². The molecular weight excluding hydrogens is 280 g/mol. The quantitative estimate of drug-likeness (QED) is 0.580. The van der Waals surface area contributed by atoms with Gasteiger partial charge in [-0.3, -0.25) is 4.79 Å². The standard InChI is InChI=1S/C18H26O4/c1-12(2)10-15-6-8-16(9-7-15)14(5)17(19)22-18(20)21-11-13(3)4/h6-9,12-14H,10-11H2,1-5H3. The molecule has 0 heterocycles. The maximum atomic E-state index is 11.9. The Labute approximate surface area is 132 Å². The largest absolute Gasteiger partial charge is 0.516 e. The summed E-state index contributed by atoms with van der Waals surface area (Å²) < 4.78 is 9.55. The van der Waals surface area contributed by atoms with E-state index in [1.165, 1.54) is 5.56 Å². The Hall–Kier alpha value is -1.84. The first-order valence-corrected chi connectivity index (χ1v) is 7.76. The van der Waals surface area contributed by atoms with Crippen molar-refractivity contribution < 1.29 is 19.1 Å². The van der Waals surface area contributed by atoms with Crippen LogP contribution in [0.3, 0.4) is 0 Å². The number of carbonyl (C=O) groups excluding carboxylic acids is 2. The van der Waals surface area contributed by atoms with Gasteiger partial charge in [-0.05, 0) is 36.3 Å². The van der Waals surface area contributed by atoms with Crippen molar-refractivity contribution >= 4 is 12.1 Å². The molecule has 0 fully saturated rings. The highest BCUT2D eigenvalue weighted by Crippen LogP contribution is 2.19. The molecule has 1 aromatic carbocycles. The smallest absolute Gasteiger partial charge is 0.434 e. The van der Waals surface area contributed by atoms with Gasteiger partial charge in [-0.2, -0.15) is 0 Å². The molecule has 0 saturated heterocycles. The predicted octanol–water partition coefficient (Wildman–Crippen LogP) is 4.32. The minimum absolute atomic E-state index is 0.202. The molecule has 122 valence electrons. The van der Waals surface area contributed by atoms with Crippen molar-refractivity contribution in [2.45, 2.75) is 47.0 Å². The van der Waals surface area contributed by atoms with Crippen molar-refractivity contribution in [1.82, 2.24) is 0 Å². The van der Waals surface area contributed by atoms with Crippen LogP contribution in [0.4, 0.5) is 4.79 Å².